The Labute approximate surface area is 164 Å². The quantitative estimate of drug-likeness (QED) is 0.643. The number of aromatic nitrogens is 2. The molecule has 0 unspecified atom stereocenters. The fraction of sp³-hybridized carbons (Fsp3) is 0.235. The van der Waals surface area contributed by atoms with E-state index in [9.17, 15) is 30.0 Å². The zero-order chi connectivity index (χ0) is 21.7. The van der Waals surface area contributed by atoms with Crippen LogP contribution in [0.3, 0.4) is 0 Å². The molecule has 0 aliphatic carbocycles. The highest BCUT2D eigenvalue weighted by Gasteiger charge is 2.26. The van der Waals surface area contributed by atoms with Crippen molar-refractivity contribution in [2.75, 3.05) is 12.5 Å². The molecule has 0 aliphatic rings. The maximum Gasteiger partial charge on any atom is 0.388 e. The summed E-state index contributed by atoms with van der Waals surface area (Å²) in [4.78, 5) is -0.626. The van der Waals surface area contributed by atoms with Crippen LogP contribution in [0.1, 0.15) is 5.56 Å². The summed E-state index contributed by atoms with van der Waals surface area (Å²) in [5, 5.41) is 5.88. The van der Waals surface area contributed by atoms with Gasteiger partial charge in [0, 0.05) is 23.6 Å². The lowest BCUT2D eigenvalue weighted by Gasteiger charge is -2.14. The van der Waals surface area contributed by atoms with Crippen molar-refractivity contribution >= 4 is 30.6 Å². The smallest absolute Gasteiger partial charge is 0.388 e. The molecule has 0 saturated carbocycles. The summed E-state index contributed by atoms with van der Waals surface area (Å²) < 4.78 is 93.2. The SMILES string of the molecule is Cc1cc(-c2c(S(C)(=O)=O)ccc3[nH]nc(OC(F)F)c23)c(F)cc1S(C)(=O)=O. The Balaban J connectivity index is 2.48. The number of nitrogens with zero attached hydrogens (tertiary/aromatic N) is 1. The van der Waals surface area contributed by atoms with Gasteiger partial charge in [0.05, 0.1) is 20.7 Å². The molecule has 12 heteroatoms. The Kier molecular flexibility index (Phi) is 5.11. The lowest BCUT2D eigenvalue weighted by atomic mass is 9.99. The second-order valence-electron chi connectivity index (χ2n) is 6.41. The number of ether oxygens (including phenoxy) is 1. The van der Waals surface area contributed by atoms with E-state index in [0.29, 0.717) is 0 Å². The first-order valence-corrected chi connectivity index (χ1v) is 11.8. The minimum absolute atomic E-state index is 0.132. The van der Waals surface area contributed by atoms with Crippen LogP contribution in [-0.4, -0.2) is 46.2 Å². The van der Waals surface area contributed by atoms with Gasteiger partial charge in [0.2, 0.25) is 5.88 Å². The molecule has 0 atom stereocenters. The number of rotatable bonds is 5. The van der Waals surface area contributed by atoms with Crippen molar-refractivity contribution in [3.63, 3.8) is 0 Å². The van der Waals surface area contributed by atoms with Crippen LogP contribution in [0, 0.1) is 12.7 Å². The maximum absolute atomic E-state index is 15.0. The highest BCUT2D eigenvalue weighted by atomic mass is 32.2. The van der Waals surface area contributed by atoms with Gasteiger partial charge in [0.15, 0.2) is 19.7 Å². The highest BCUT2D eigenvalue weighted by Crippen LogP contribution is 2.41. The van der Waals surface area contributed by atoms with E-state index in [1.165, 1.54) is 19.1 Å². The summed E-state index contributed by atoms with van der Waals surface area (Å²) in [7, 11) is -7.68. The fourth-order valence-corrected chi connectivity index (χ4v) is 4.93. The minimum atomic E-state index is -3.93. The normalized spacial score (nSPS) is 12.7. The van der Waals surface area contributed by atoms with E-state index in [1.54, 1.807) is 0 Å². The molecule has 0 fully saturated rings. The molecule has 156 valence electrons. The van der Waals surface area contributed by atoms with Crippen molar-refractivity contribution in [1.82, 2.24) is 10.2 Å². The minimum Gasteiger partial charge on any atom is -0.415 e. The molecular weight excluding hydrogens is 433 g/mol. The van der Waals surface area contributed by atoms with E-state index >= 15 is 0 Å². The first kappa shape index (κ1) is 21.1. The van der Waals surface area contributed by atoms with Crippen molar-refractivity contribution in [3.8, 4) is 17.0 Å². The number of nitrogens with one attached hydrogen (secondary N) is 1. The molecule has 3 aromatic rings. The Bertz CT molecular complexity index is 1330. The summed E-state index contributed by atoms with van der Waals surface area (Å²) >= 11 is 0. The monoisotopic (exact) mass is 448 g/mol. The molecule has 0 saturated heterocycles. The number of alkyl halides is 2. The third-order valence-electron chi connectivity index (χ3n) is 4.19. The second-order valence-corrected chi connectivity index (χ2v) is 10.4. The summed E-state index contributed by atoms with van der Waals surface area (Å²) in [5.74, 6) is -1.66. The molecular formula is C17H15F3N2O5S2. The van der Waals surface area contributed by atoms with E-state index < -0.39 is 38.0 Å². The van der Waals surface area contributed by atoms with Crippen LogP contribution in [-0.2, 0) is 19.7 Å². The second kappa shape index (κ2) is 7.02. The van der Waals surface area contributed by atoms with Gasteiger partial charge in [0.1, 0.15) is 5.82 Å². The third-order valence-corrected chi connectivity index (χ3v) is 6.57. The van der Waals surface area contributed by atoms with Crippen LogP contribution >= 0.6 is 0 Å². The zero-order valence-electron chi connectivity index (χ0n) is 15.3. The van der Waals surface area contributed by atoms with E-state index in [2.05, 4.69) is 14.9 Å². The molecule has 1 N–H and O–H groups in total. The van der Waals surface area contributed by atoms with E-state index in [0.717, 1.165) is 24.6 Å². The molecule has 0 spiro atoms. The van der Waals surface area contributed by atoms with Gasteiger partial charge >= 0.3 is 6.61 Å². The summed E-state index contributed by atoms with van der Waals surface area (Å²) in [6, 6.07) is 4.37. The molecule has 0 amide bonds. The largest absolute Gasteiger partial charge is 0.415 e. The van der Waals surface area contributed by atoms with Gasteiger partial charge in [0.25, 0.3) is 0 Å². The number of hydrogen-bond acceptors (Lipinski definition) is 6. The Morgan fingerprint density at radius 2 is 1.66 bits per heavy atom. The third kappa shape index (κ3) is 3.94. The van der Waals surface area contributed by atoms with Crippen LogP contribution in [0.5, 0.6) is 5.88 Å². The lowest BCUT2D eigenvalue weighted by Crippen LogP contribution is -2.06. The number of hydrogen-bond donors (Lipinski definition) is 1. The number of sulfone groups is 2. The summed E-state index contributed by atoms with van der Waals surface area (Å²) in [6.07, 6.45) is 1.78. The molecule has 1 heterocycles. The van der Waals surface area contributed by atoms with Gasteiger partial charge in [-0.3, -0.25) is 5.10 Å². The Hall–Kier alpha value is -2.60. The van der Waals surface area contributed by atoms with E-state index in [-0.39, 0.29) is 37.4 Å². The van der Waals surface area contributed by atoms with Crippen molar-refractivity contribution in [2.24, 2.45) is 0 Å². The summed E-state index contributed by atoms with van der Waals surface area (Å²) in [5.41, 5.74) is -0.260. The van der Waals surface area contributed by atoms with Gasteiger partial charge in [-0.15, -0.1) is 5.10 Å². The Morgan fingerprint density at radius 3 is 2.21 bits per heavy atom. The number of benzene rings is 2. The van der Waals surface area contributed by atoms with Crippen LogP contribution < -0.4 is 4.74 Å². The molecule has 1 aromatic heterocycles. The number of aryl methyl sites for hydroxylation is 1. The maximum atomic E-state index is 15.0. The van der Waals surface area contributed by atoms with Crippen molar-refractivity contribution in [3.05, 3.63) is 35.6 Å². The van der Waals surface area contributed by atoms with Crippen LogP contribution in [0.25, 0.3) is 22.0 Å². The zero-order valence-corrected chi connectivity index (χ0v) is 17.0. The first-order valence-electron chi connectivity index (χ1n) is 7.97. The number of fused-ring (bicyclic) bond motifs is 1. The van der Waals surface area contributed by atoms with Gasteiger partial charge in [-0.05, 0) is 36.8 Å². The Morgan fingerprint density at radius 1 is 1.03 bits per heavy atom. The highest BCUT2D eigenvalue weighted by molar-refractivity contribution is 7.91. The molecule has 7 nitrogen and oxygen atoms in total. The van der Waals surface area contributed by atoms with Crippen LogP contribution in [0.2, 0.25) is 0 Å². The molecule has 3 rings (SSSR count). The molecule has 2 aromatic carbocycles. The molecule has 0 bridgehead atoms. The topological polar surface area (TPSA) is 106 Å². The molecule has 0 aliphatic heterocycles. The average molecular weight is 448 g/mol. The van der Waals surface area contributed by atoms with Gasteiger partial charge < -0.3 is 4.74 Å². The number of H-pyrrole nitrogens is 1. The molecule has 0 radical (unpaired) electrons. The fourth-order valence-electron chi connectivity index (χ4n) is 3.07. The van der Waals surface area contributed by atoms with Gasteiger partial charge in [-0.1, -0.05) is 0 Å². The number of halogens is 3. The van der Waals surface area contributed by atoms with Crippen LogP contribution in [0.15, 0.2) is 34.1 Å². The van der Waals surface area contributed by atoms with E-state index in [4.69, 9.17) is 0 Å². The standard InChI is InChI=1S/C17H15F3N2O5S2/c1-8-6-9(10(18)7-13(8)29(3,25)26)14-12(28(2,23)24)5-4-11-15(14)16(22-21-11)27-17(19)20/h4-7,17H,1-3H3,(H,21,22). The van der Waals surface area contributed by atoms with Gasteiger partial charge in [-0.2, -0.15) is 8.78 Å². The van der Waals surface area contributed by atoms with Crippen molar-refractivity contribution in [2.45, 2.75) is 23.3 Å². The van der Waals surface area contributed by atoms with Gasteiger partial charge in [-0.25, -0.2) is 21.2 Å². The van der Waals surface area contributed by atoms with Crippen molar-refractivity contribution < 1.29 is 34.7 Å². The van der Waals surface area contributed by atoms with Crippen molar-refractivity contribution in [1.29, 1.82) is 0 Å². The number of aromatic amines is 1. The average Bonchev–Trinajstić information content (AvgIpc) is 2.96. The molecule has 29 heavy (non-hydrogen) atoms. The lowest BCUT2D eigenvalue weighted by molar-refractivity contribution is -0.0518. The van der Waals surface area contributed by atoms with E-state index in [1.807, 2.05) is 0 Å². The predicted molar refractivity (Wildman–Crippen MR) is 99.1 cm³/mol. The predicted octanol–water partition coefficient (Wildman–Crippen LogP) is 3.09. The summed E-state index contributed by atoms with van der Waals surface area (Å²) in [6.45, 7) is -1.85. The first-order chi connectivity index (χ1) is 13.3. The van der Waals surface area contributed by atoms with Crippen LogP contribution in [0.4, 0.5) is 13.2 Å².